The largest absolute Gasteiger partial charge is 0.491 e. The van der Waals surface area contributed by atoms with E-state index in [1.807, 2.05) is 59.9 Å². The maximum absolute atomic E-state index is 12.5. The third-order valence-corrected chi connectivity index (χ3v) is 5.73. The SMILES string of the molecule is Cl.Cl.O=C(NCC(F)(F)F)c1cccc2c(Oc3ccc(CCNCC(O)COc4ccccc4)cc3)ccnc12. The van der Waals surface area contributed by atoms with Gasteiger partial charge in [0.1, 0.15) is 36.5 Å². The summed E-state index contributed by atoms with van der Waals surface area (Å²) in [5, 5.41) is 15.7. The summed E-state index contributed by atoms with van der Waals surface area (Å²) in [6.45, 7) is -0.161. The lowest BCUT2D eigenvalue weighted by atomic mass is 10.1. The van der Waals surface area contributed by atoms with Crippen molar-refractivity contribution in [2.45, 2.75) is 18.7 Å². The summed E-state index contributed by atoms with van der Waals surface area (Å²) in [4.78, 5) is 16.5. The maximum atomic E-state index is 12.5. The first-order valence-corrected chi connectivity index (χ1v) is 12.3. The number of alkyl halides is 3. The number of aromatic nitrogens is 1. The van der Waals surface area contributed by atoms with Crippen molar-refractivity contribution >= 4 is 41.6 Å². The summed E-state index contributed by atoms with van der Waals surface area (Å²) in [7, 11) is 0. The molecule has 220 valence electrons. The normalized spacial score (nSPS) is 11.6. The van der Waals surface area contributed by atoms with Gasteiger partial charge in [0.15, 0.2) is 0 Å². The Morgan fingerprint density at radius 3 is 2.37 bits per heavy atom. The third kappa shape index (κ3) is 10.4. The average Bonchev–Trinajstić information content (AvgIpc) is 2.94. The molecule has 3 aromatic carbocycles. The number of rotatable bonds is 12. The van der Waals surface area contributed by atoms with Crippen LogP contribution < -0.4 is 20.1 Å². The predicted molar refractivity (Wildman–Crippen MR) is 156 cm³/mol. The Balaban J connectivity index is 0.00000294. The van der Waals surface area contributed by atoms with E-state index in [9.17, 15) is 23.1 Å². The monoisotopic (exact) mass is 611 g/mol. The molecule has 0 saturated heterocycles. The molecule has 41 heavy (non-hydrogen) atoms. The fourth-order valence-electron chi connectivity index (χ4n) is 3.82. The summed E-state index contributed by atoms with van der Waals surface area (Å²) in [6.07, 6.45) is -2.96. The van der Waals surface area contributed by atoms with Gasteiger partial charge < -0.3 is 25.2 Å². The van der Waals surface area contributed by atoms with Gasteiger partial charge in [-0.3, -0.25) is 9.78 Å². The number of nitrogens with one attached hydrogen (secondary N) is 2. The second kappa shape index (κ2) is 16.0. The van der Waals surface area contributed by atoms with Crippen LogP contribution in [-0.4, -0.2) is 54.5 Å². The first-order chi connectivity index (χ1) is 18.8. The van der Waals surface area contributed by atoms with Crippen LogP contribution in [0.3, 0.4) is 0 Å². The molecule has 1 heterocycles. The van der Waals surface area contributed by atoms with Crippen molar-refractivity contribution in [3.05, 3.63) is 96.2 Å². The van der Waals surface area contributed by atoms with Crippen LogP contribution in [0.5, 0.6) is 17.2 Å². The Hall–Kier alpha value is -3.57. The quantitative estimate of drug-likeness (QED) is 0.177. The molecule has 0 saturated carbocycles. The van der Waals surface area contributed by atoms with Crippen LogP contribution in [0.15, 0.2) is 85.1 Å². The van der Waals surface area contributed by atoms with Crippen molar-refractivity contribution in [2.24, 2.45) is 0 Å². The number of benzene rings is 3. The number of halogens is 5. The van der Waals surface area contributed by atoms with E-state index < -0.39 is 24.7 Å². The van der Waals surface area contributed by atoms with Gasteiger partial charge in [0.2, 0.25) is 0 Å². The van der Waals surface area contributed by atoms with E-state index in [1.165, 1.54) is 12.3 Å². The van der Waals surface area contributed by atoms with Crippen LogP contribution in [-0.2, 0) is 6.42 Å². The molecule has 1 aromatic heterocycles. The van der Waals surface area contributed by atoms with Crippen molar-refractivity contribution in [3.63, 3.8) is 0 Å². The highest BCUT2D eigenvalue weighted by Crippen LogP contribution is 2.30. The van der Waals surface area contributed by atoms with Crippen LogP contribution in [0, 0.1) is 0 Å². The number of carbonyl (C=O) groups excluding carboxylic acids is 1. The summed E-state index contributed by atoms with van der Waals surface area (Å²) in [5.74, 6) is 0.827. The second-order valence-electron chi connectivity index (χ2n) is 8.79. The summed E-state index contributed by atoms with van der Waals surface area (Å²) >= 11 is 0. The fourth-order valence-corrected chi connectivity index (χ4v) is 3.82. The van der Waals surface area contributed by atoms with Gasteiger partial charge in [-0.05, 0) is 61.0 Å². The zero-order chi connectivity index (χ0) is 27.7. The van der Waals surface area contributed by atoms with Gasteiger partial charge in [-0.2, -0.15) is 13.2 Å². The third-order valence-electron chi connectivity index (χ3n) is 5.73. The van der Waals surface area contributed by atoms with E-state index in [-0.39, 0.29) is 42.5 Å². The number of hydrogen-bond acceptors (Lipinski definition) is 6. The van der Waals surface area contributed by atoms with Crippen LogP contribution in [0.2, 0.25) is 0 Å². The van der Waals surface area contributed by atoms with E-state index in [2.05, 4.69) is 10.3 Å². The number of aliphatic hydroxyl groups excluding tert-OH is 1. The van der Waals surface area contributed by atoms with E-state index in [1.54, 1.807) is 18.2 Å². The first-order valence-electron chi connectivity index (χ1n) is 12.3. The van der Waals surface area contributed by atoms with Crippen LogP contribution in [0.4, 0.5) is 13.2 Å². The molecule has 3 N–H and O–H groups in total. The Morgan fingerprint density at radius 1 is 0.927 bits per heavy atom. The molecule has 4 aromatic rings. The molecule has 0 aliphatic heterocycles. The topological polar surface area (TPSA) is 92.7 Å². The van der Waals surface area contributed by atoms with E-state index in [0.717, 1.165) is 12.0 Å². The molecule has 0 bridgehead atoms. The maximum Gasteiger partial charge on any atom is 0.405 e. The van der Waals surface area contributed by atoms with Crippen molar-refractivity contribution in [1.82, 2.24) is 15.6 Å². The highest BCUT2D eigenvalue weighted by atomic mass is 35.5. The van der Waals surface area contributed by atoms with Crippen LogP contribution >= 0.6 is 24.8 Å². The minimum atomic E-state index is -4.51. The molecule has 4 rings (SSSR count). The molecular formula is C29H30Cl2F3N3O4. The molecule has 7 nitrogen and oxygen atoms in total. The van der Waals surface area contributed by atoms with E-state index >= 15 is 0 Å². The summed E-state index contributed by atoms with van der Waals surface area (Å²) in [6, 6.07) is 23.1. The molecule has 12 heteroatoms. The second-order valence-corrected chi connectivity index (χ2v) is 8.79. The molecule has 0 fully saturated rings. The Morgan fingerprint density at radius 2 is 1.66 bits per heavy atom. The molecule has 0 aliphatic carbocycles. The van der Waals surface area contributed by atoms with Gasteiger partial charge in [0.05, 0.1) is 11.1 Å². The van der Waals surface area contributed by atoms with Crippen LogP contribution in [0.25, 0.3) is 10.9 Å². The molecular weight excluding hydrogens is 582 g/mol. The average molecular weight is 612 g/mol. The number of hydrogen-bond donors (Lipinski definition) is 3. The lowest BCUT2D eigenvalue weighted by Gasteiger charge is -2.13. The lowest BCUT2D eigenvalue weighted by molar-refractivity contribution is -0.123. The number of fused-ring (bicyclic) bond motifs is 1. The smallest absolute Gasteiger partial charge is 0.405 e. The standard InChI is InChI=1S/C29H28F3N3O4.2ClH/c30-29(31,32)19-35-28(37)25-8-4-7-24-26(14-16-34-27(24)25)39-23-11-9-20(10-12-23)13-15-33-17-21(36)18-38-22-5-2-1-3-6-22;;/h1-12,14,16,21,33,36H,13,15,17-19H2,(H,35,37);2*1H. The molecule has 0 spiro atoms. The van der Waals surface area contributed by atoms with Gasteiger partial charge in [-0.1, -0.05) is 36.4 Å². The van der Waals surface area contributed by atoms with Crippen molar-refractivity contribution < 1.29 is 32.5 Å². The van der Waals surface area contributed by atoms with Crippen molar-refractivity contribution in [1.29, 1.82) is 0 Å². The zero-order valence-electron chi connectivity index (χ0n) is 21.8. The van der Waals surface area contributed by atoms with Crippen molar-refractivity contribution in [2.75, 3.05) is 26.2 Å². The Kier molecular flexibility index (Phi) is 13.1. The summed E-state index contributed by atoms with van der Waals surface area (Å²) in [5.41, 5.74) is 1.34. The fraction of sp³-hybridized carbons (Fsp3) is 0.241. The van der Waals surface area contributed by atoms with E-state index in [4.69, 9.17) is 9.47 Å². The molecule has 1 atom stereocenters. The van der Waals surface area contributed by atoms with E-state index in [0.29, 0.717) is 35.7 Å². The number of carbonyl (C=O) groups is 1. The van der Waals surface area contributed by atoms with Gasteiger partial charge in [0, 0.05) is 18.1 Å². The number of ether oxygens (including phenoxy) is 2. The minimum Gasteiger partial charge on any atom is -0.491 e. The van der Waals surface area contributed by atoms with Gasteiger partial charge in [-0.15, -0.1) is 24.8 Å². The number of aliphatic hydroxyl groups is 1. The number of amides is 1. The molecule has 1 amide bonds. The number of para-hydroxylation sites is 2. The molecule has 0 radical (unpaired) electrons. The first kappa shape index (κ1) is 33.6. The van der Waals surface area contributed by atoms with Crippen LogP contribution in [0.1, 0.15) is 15.9 Å². The number of nitrogens with zero attached hydrogens (tertiary/aromatic N) is 1. The molecule has 0 aliphatic rings. The van der Waals surface area contributed by atoms with Gasteiger partial charge >= 0.3 is 6.18 Å². The van der Waals surface area contributed by atoms with Gasteiger partial charge in [0.25, 0.3) is 5.91 Å². The van der Waals surface area contributed by atoms with Gasteiger partial charge in [-0.25, -0.2) is 0 Å². The zero-order valence-corrected chi connectivity index (χ0v) is 23.4. The lowest BCUT2D eigenvalue weighted by Crippen LogP contribution is -2.33. The Labute approximate surface area is 247 Å². The predicted octanol–water partition coefficient (Wildman–Crippen LogP) is 5.73. The Bertz CT molecular complexity index is 1380. The highest BCUT2D eigenvalue weighted by molar-refractivity contribution is 6.06. The van der Waals surface area contributed by atoms with Crippen molar-refractivity contribution in [3.8, 4) is 17.2 Å². The minimum absolute atomic E-state index is 0. The summed E-state index contributed by atoms with van der Waals surface area (Å²) < 4.78 is 49.1. The number of pyridine rings is 1. The molecule has 1 unspecified atom stereocenters. The highest BCUT2D eigenvalue weighted by Gasteiger charge is 2.28.